The summed E-state index contributed by atoms with van der Waals surface area (Å²) in [4.78, 5) is 2.40. The molecule has 0 bridgehead atoms. The number of nitrogens with zero attached hydrogens (tertiary/aromatic N) is 1. The average Bonchev–Trinajstić information content (AvgIpc) is 2.39. The third kappa shape index (κ3) is 6.25. The molecule has 1 unspecified atom stereocenters. The molecule has 0 aliphatic carbocycles. The highest BCUT2D eigenvalue weighted by Crippen LogP contribution is 2.25. The fourth-order valence-corrected chi connectivity index (χ4v) is 2.78. The second-order valence-corrected chi connectivity index (χ2v) is 6.38. The van der Waals surface area contributed by atoms with Gasteiger partial charge in [0.15, 0.2) is 0 Å². The molecular formula is C17H29ClN2. The van der Waals surface area contributed by atoms with Crippen LogP contribution < -0.4 is 5.32 Å². The van der Waals surface area contributed by atoms with Crippen molar-refractivity contribution < 1.29 is 0 Å². The second kappa shape index (κ2) is 9.38. The molecular weight excluding hydrogens is 268 g/mol. The smallest absolute Gasteiger partial charge is 0.0453 e. The monoisotopic (exact) mass is 296 g/mol. The Bertz CT molecular complexity index is 379. The van der Waals surface area contributed by atoms with Gasteiger partial charge in [-0.3, -0.25) is 0 Å². The first-order valence-electron chi connectivity index (χ1n) is 7.71. The molecule has 20 heavy (non-hydrogen) atoms. The molecule has 1 aromatic carbocycles. The zero-order valence-corrected chi connectivity index (χ0v) is 14.1. The molecule has 2 nitrogen and oxygen atoms in total. The largest absolute Gasteiger partial charge is 0.310 e. The van der Waals surface area contributed by atoms with E-state index in [1.807, 2.05) is 12.1 Å². The van der Waals surface area contributed by atoms with Crippen LogP contribution in [0.1, 0.15) is 45.2 Å². The third-order valence-electron chi connectivity index (χ3n) is 3.40. The highest BCUT2D eigenvalue weighted by atomic mass is 35.5. The van der Waals surface area contributed by atoms with Crippen LogP contribution in [0.25, 0.3) is 0 Å². The van der Waals surface area contributed by atoms with Gasteiger partial charge in [-0.1, -0.05) is 50.6 Å². The fourth-order valence-electron chi connectivity index (χ4n) is 2.51. The minimum absolute atomic E-state index is 0.346. The molecule has 1 atom stereocenters. The molecule has 1 rings (SSSR count). The van der Waals surface area contributed by atoms with Crippen LogP contribution in [0.2, 0.25) is 5.02 Å². The maximum Gasteiger partial charge on any atom is 0.0453 e. The summed E-state index contributed by atoms with van der Waals surface area (Å²) in [6.07, 6.45) is 2.23. The summed E-state index contributed by atoms with van der Waals surface area (Å²) < 4.78 is 0. The van der Waals surface area contributed by atoms with Crippen molar-refractivity contribution >= 4 is 11.6 Å². The van der Waals surface area contributed by atoms with E-state index in [0.29, 0.717) is 12.0 Å². The first-order chi connectivity index (χ1) is 9.54. The summed E-state index contributed by atoms with van der Waals surface area (Å²) in [7, 11) is 2.20. The maximum atomic E-state index is 6.34. The van der Waals surface area contributed by atoms with Crippen molar-refractivity contribution in [3.8, 4) is 0 Å². The molecule has 3 heteroatoms. The summed E-state index contributed by atoms with van der Waals surface area (Å²) in [5, 5.41) is 4.49. The van der Waals surface area contributed by atoms with Crippen molar-refractivity contribution in [2.75, 3.05) is 26.7 Å². The molecule has 114 valence electrons. The Balaban J connectivity index is 2.63. The van der Waals surface area contributed by atoms with Crippen LogP contribution in [0.15, 0.2) is 24.3 Å². The van der Waals surface area contributed by atoms with Crippen LogP contribution in [0.3, 0.4) is 0 Å². The Morgan fingerprint density at radius 3 is 2.55 bits per heavy atom. The summed E-state index contributed by atoms with van der Waals surface area (Å²) in [6.45, 7) is 9.98. The molecule has 0 aromatic heterocycles. The van der Waals surface area contributed by atoms with Gasteiger partial charge in [0.2, 0.25) is 0 Å². The predicted octanol–water partition coefficient (Wildman–Crippen LogP) is 4.36. The highest BCUT2D eigenvalue weighted by Gasteiger charge is 2.14. The molecule has 0 aliphatic heterocycles. The van der Waals surface area contributed by atoms with Gasteiger partial charge in [-0.05, 0) is 50.5 Å². The molecule has 0 aliphatic rings. The minimum Gasteiger partial charge on any atom is -0.310 e. The molecule has 0 spiro atoms. The van der Waals surface area contributed by atoms with E-state index in [0.717, 1.165) is 37.5 Å². The first kappa shape index (κ1) is 17.5. The van der Waals surface area contributed by atoms with Gasteiger partial charge < -0.3 is 10.2 Å². The van der Waals surface area contributed by atoms with Gasteiger partial charge in [-0.2, -0.15) is 0 Å². The van der Waals surface area contributed by atoms with Crippen molar-refractivity contribution in [3.05, 3.63) is 34.9 Å². The maximum absolute atomic E-state index is 6.34. The zero-order chi connectivity index (χ0) is 15.0. The SMILES string of the molecule is CCCNC(CCN(C)CC(C)C)c1ccccc1Cl. The van der Waals surface area contributed by atoms with E-state index in [-0.39, 0.29) is 0 Å². The molecule has 0 saturated carbocycles. The Kier molecular flexibility index (Phi) is 8.20. The average molecular weight is 297 g/mol. The second-order valence-electron chi connectivity index (χ2n) is 5.97. The van der Waals surface area contributed by atoms with Gasteiger partial charge in [0, 0.05) is 17.6 Å². The van der Waals surface area contributed by atoms with Crippen molar-refractivity contribution in [1.29, 1.82) is 0 Å². The van der Waals surface area contributed by atoms with Crippen LogP contribution in [-0.4, -0.2) is 31.6 Å². The van der Waals surface area contributed by atoms with Crippen LogP contribution in [0, 0.1) is 5.92 Å². The number of benzene rings is 1. The summed E-state index contributed by atoms with van der Waals surface area (Å²) in [5.41, 5.74) is 1.22. The van der Waals surface area contributed by atoms with Crippen molar-refractivity contribution in [2.45, 2.75) is 39.7 Å². The van der Waals surface area contributed by atoms with E-state index in [1.165, 1.54) is 5.56 Å². The van der Waals surface area contributed by atoms with Crippen LogP contribution >= 0.6 is 11.6 Å². The quantitative estimate of drug-likeness (QED) is 0.728. The summed E-state index contributed by atoms with van der Waals surface area (Å²) >= 11 is 6.34. The molecule has 1 aromatic rings. The molecule has 0 radical (unpaired) electrons. The van der Waals surface area contributed by atoms with Crippen molar-refractivity contribution in [2.24, 2.45) is 5.92 Å². The number of rotatable bonds is 9. The lowest BCUT2D eigenvalue weighted by atomic mass is 10.0. The Labute approximate surface area is 129 Å². The van der Waals surface area contributed by atoms with E-state index in [9.17, 15) is 0 Å². The molecule has 0 heterocycles. The lowest BCUT2D eigenvalue weighted by molar-refractivity contribution is 0.276. The first-order valence-corrected chi connectivity index (χ1v) is 8.08. The predicted molar refractivity (Wildman–Crippen MR) is 89.4 cm³/mol. The van der Waals surface area contributed by atoms with E-state index in [4.69, 9.17) is 11.6 Å². The topological polar surface area (TPSA) is 15.3 Å². The Morgan fingerprint density at radius 2 is 1.95 bits per heavy atom. The Hall–Kier alpha value is -0.570. The number of halogens is 1. The van der Waals surface area contributed by atoms with Crippen molar-refractivity contribution in [3.63, 3.8) is 0 Å². The Morgan fingerprint density at radius 1 is 1.25 bits per heavy atom. The lowest BCUT2D eigenvalue weighted by Gasteiger charge is -2.24. The van der Waals surface area contributed by atoms with Gasteiger partial charge in [0.05, 0.1) is 0 Å². The molecule has 0 saturated heterocycles. The van der Waals surface area contributed by atoms with Crippen LogP contribution in [-0.2, 0) is 0 Å². The van der Waals surface area contributed by atoms with Gasteiger partial charge in [0.1, 0.15) is 0 Å². The number of hydrogen-bond donors (Lipinski definition) is 1. The minimum atomic E-state index is 0.346. The van der Waals surface area contributed by atoms with Crippen molar-refractivity contribution in [1.82, 2.24) is 10.2 Å². The van der Waals surface area contributed by atoms with Gasteiger partial charge in [-0.15, -0.1) is 0 Å². The van der Waals surface area contributed by atoms with E-state index in [1.54, 1.807) is 0 Å². The molecule has 0 amide bonds. The van der Waals surface area contributed by atoms with E-state index >= 15 is 0 Å². The molecule has 0 fully saturated rings. The van der Waals surface area contributed by atoms with E-state index < -0.39 is 0 Å². The van der Waals surface area contributed by atoms with Crippen LogP contribution in [0.5, 0.6) is 0 Å². The highest BCUT2D eigenvalue weighted by molar-refractivity contribution is 6.31. The standard InChI is InChI=1S/C17H29ClN2/c1-5-11-19-17(10-12-20(4)13-14(2)3)15-8-6-7-9-16(15)18/h6-9,14,17,19H,5,10-13H2,1-4H3. The van der Waals surface area contributed by atoms with Gasteiger partial charge in [0.25, 0.3) is 0 Å². The molecule has 1 N–H and O–H groups in total. The number of nitrogens with one attached hydrogen (secondary N) is 1. The number of hydrogen-bond acceptors (Lipinski definition) is 2. The summed E-state index contributed by atoms with van der Waals surface area (Å²) in [6, 6.07) is 8.53. The lowest BCUT2D eigenvalue weighted by Crippen LogP contribution is -2.30. The van der Waals surface area contributed by atoms with Crippen LogP contribution in [0.4, 0.5) is 0 Å². The van der Waals surface area contributed by atoms with Gasteiger partial charge >= 0.3 is 0 Å². The summed E-state index contributed by atoms with van der Waals surface area (Å²) in [5.74, 6) is 0.711. The van der Waals surface area contributed by atoms with Gasteiger partial charge in [-0.25, -0.2) is 0 Å². The third-order valence-corrected chi connectivity index (χ3v) is 3.74. The normalized spacial score (nSPS) is 13.2. The fraction of sp³-hybridized carbons (Fsp3) is 0.647. The van der Waals surface area contributed by atoms with E-state index in [2.05, 4.69) is 50.2 Å². The zero-order valence-electron chi connectivity index (χ0n) is 13.3.